The molecule has 2 N–H and O–H groups in total. The number of amides is 2. The van der Waals surface area contributed by atoms with Crippen molar-refractivity contribution in [2.24, 2.45) is 7.05 Å². The van der Waals surface area contributed by atoms with E-state index in [4.69, 9.17) is 0 Å². The molecule has 5 nitrogen and oxygen atoms in total. The lowest BCUT2D eigenvalue weighted by Gasteiger charge is -2.10. The van der Waals surface area contributed by atoms with Crippen molar-refractivity contribution in [3.05, 3.63) is 41.6 Å². The van der Waals surface area contributed by atoms with E-state index < -0.39 is 0 Å². The van der Waals surface area contributed by atoms with E-state index in [0.29, 0.717) is 5.82 Å². The molecule has 0 atom stereocenters. The maximum atomic E-state index is 11.8. The van der Waals surface area contributed by atoms with Crippen molar-refractivity contribution in [1.82, 2.24) is 9.78 Å². The number of carbonyl (C=O) groups is 1. The maximum Gasteiger partial charge on any atom is 0.324 e. The molecule has 0 bridgehead atoms. The molecule has 0 saturated carbocycles. The second kappa shape index (κ2) is 4.91. The number of nitrogens with zero attached hydrogens (tertiary/aromatic N) is 2. The number of anilines is 2. The topological polar surface area (TPSA) is 59.0 Å². The van der Waals surface area contributed by atoms with Crippen molar-refractivity contribution in [2.75, 3.05) is 10.6 Å². The van der Waals surface area contributed by atoms with E-state index >= 15 is 0 Å². The van der Waals surface area contributed by atoms with Gasteiger partial charge in [0.25, 0.3) is 0 Å². The lowest BCUT2D eigenvalue weighted by atomic mass is 10.1. The quantitative estimate of drug-likeness (QED) is 0.853. The van der Waals surface area contributed by atoms with Gasteiger partial charge >= 0.3 is 6.03 Å². The third kappa shape index (κ3) is 2.68. The predicted molar refractivity (Wildman–Crippen MR) is 71.8 cm³/mol. The van der Waals surface area contributed by atoms with Crippen LogP contribution in [-0.2, 0) is 7.05 Å². The van der Waals surface area contributed by atoms with Crippen molar-refractivity contribution < 1.29 is 4.79 Å². The Balaban J connectivity index is 2.05. The van der Waals surface area contributed by atoms with Crippen LogP contribution in [0, 0.1) is 13.8 Å². The molecule has 18 heavy (non-hydrogen) atoms. The molecule has 2 rings (SSSR count). The Hall–Kier alpha value is -2.30. The molecule has 0 aliphatic carbocycles. The highest BCUT2D eigenvalue weighted by Crippen LogP contribution is 2.16. The fourth-order valence-corrected chi connectivity index (χ4v) is 1.72. The largest absolute Gasteiger partial charge is 0.324 e. The van der Waals surface area contributed by atoms with Gasteiger partial charge in [0.15, 0.2) is 0 Å². The van der Waals surface area contributed by atoms with E-state index in [1.165, 1.54) is 5.56 Å². The van der Waals surface area contributed by atoms with Crippen LogP contribution in [0.3, 0.4) is 0 Å². The number of urea groups is 1. The average molecular weight is 244 g/mol. The van der Waals surface area contributed by atoms with Crippen LogP contribution in [0.1, 0.15) is 11.1 Å². The minimum atomic E-state index is -0.273. The smallest absolute Gasteiger partial charge is 0.307 e. The first kappa shape index (κ1) is 12.2. The van der Waals surface area contributed by atoms with Crippen molar-refractivity contribution in [3.63, 3.8) is 0 Å². The second-order valence-corrected chi connectivity index (χ2v) is 4.24. The van der Waals surface area contributed by atoms with Gasteiger partial charge in [-0.25, -0.2) is 4.79 Å². The molecule has 0 radical (unpaired) electrons. The summed E-state index contributed by atoms with van der Waals surface area (Å²) >= 11 is 0. The van der Waals surface area contributed by atoms with Gasteiger partial charge in [0.1, 0.15) is 5.82 Å². The van der Waals surface area contributed by atoms with Gasteiger partial charge in [-0.05, 0) is 25.5 Å². The first-order valence-electron chi connectivity index (χ1n) is 5.69. The molecule has 2 aromatic rings. The summed E-state index contributed by atoms with van der Waals surface area (Å²) in [5.74, 6) is 0.650. The monoisotopic (exact) mass is 244 g/mol. The summed E-state index contributed by atoms with van der Waals surface area (Å²) in [6, 6.07) is 7.35. The van der Waals surface area contributed by atoms with Gasteiger partial charge in [-0.15, -0.1) is 0 Å². The highest BCUT2D eigenvalue weighted by Gasteiger charge is 2.06. The van der Waals surface area contributed by atoms with Crippen LogP contribution in [0.4, 0.5) is 16.3 Å². The zero-order chi connectivity index (χ0) is 13.1. The minimum absolute atomic E-state index is 0.273. The Morgan fingerprint density at radius 3 is 2.61 bits per heavy atom. The van der Waals surface area contributed by atoms with E-state index in [9.17, 15) is 4.79 Å². The number of nitrogens with one attached hydrogen (secondary N) is 2. The average Bonchev–Trinajstić information content (AvgIpc) is 2.69. The summed E-state index contributed by atoms with van der Waals surface area (Å²) in [5, 5.41) is 9.52. The van der Waals surface area contributed by atoms with Gasteiger partial charge in [-0.1, -0.05) is 17.7 Å². The summed E-state index contributed by atoms with van der Waals surface area (Å²) < 4.78 is 1.60. The number of aromatic nitrogens is 2. The van der Waals surface area contributed by atoms with Crippen LogP contribution in [0.15, 0.2) is 30.5 Å². The molecule has 1 aromatic carbocycles. The Labute approximate surface area is 106 Å². The SMILES string of the molecule is Cc1ccc(NC(=O)Nc2ccnn2C)c(C)c1. The highest BCUT2D eigenvalue weighted by molar-refractivity contribution is 5.99. The van der Waals surface area contributed by atoms with Crippen molar-refractivity contribution in [3.8, 4) is 0 Å². The molecule has 0 aliphatic heterocycles. The molecule has 2 amide bonds. The minimum Gasteiger partial charge on any atom is -0.307 e. The molecular formula is C13H16N4O. The Morgan fingerprint density at radius 1 is 1.22 bits per heavy atom. The molecule has 0 fully saturated rings. The molecule has 0 spiro atoms. The van der Waals surface area contributed by atoms with Crippen LogP contribution < -0.4 is 10.6 Å². The van der Waals surface area contributed by atoms with Crippen molar-refractivity contribution >= 4 is 17.5 Å². The van der Waals surface area contributed by atoms with E-state index in [-0.39, 0.29) is 6.03 Å². The van der Waals surface area contributed by atoms with Crippen LogP contribution >= 0.6 is 0 Å². The Morgan fingerprint density at radius 2 is 2.00 bits per heavy atom. The zero-order valence-electron chi connectivity index (χ0n) is 10.7. The lowest BCUT2D eigenvalue weighted by Crippen LogP contribution is -2.21. The van der Waals surface area contributed by atoms with Crippen LogP contribution in [0.5, 0.6) is 0 Å². The molecular weight excluding hydrogens is 228 g/mol. The molecule has 94 valence electrons. The maximum absolute atomic E-state index is 11.8. The van der Waals surface area contributed by atoms with E-state index in [1.807, 2.05) is 32.0 Å². The van der Waals surface area contributed by atoms with Crippen LogP contribution in [-0.4, -0.2) is 15.8 Å². The first-order chi connectivity index (χ1) is 8.56. The first-order valence-corrected chi connectivity index (χ1v) is 5.69. The standard InChI is InChI=1S/C13H16N4O/c1-9-4-5-11(10(2)8-9)15-13(18)16-12-6-7-14-17(12)3/h4-8H,1-3H3,(H2,15,16,18). The lowest BCUT2D eigenvalue weighted by molar-refractivity contribution is 0.262. The van der Waals surface area contributed by atoms with Crippen molar-refractivity contribution in [2.45, 2.75) is 13.8 Å². The van der Waals surface area contributed by atoms with Gasteiger partial charge in [0.05, 0.1) is 6.20 Å². The Bertz CT molecular complexity index is 574. The van der Waals surface area contributed by atoms with Crippen LogP contribution in [0.25, 0.3) is 0 Å². The number of benzene rings is 1. The fourth-order valence-electron chi connectivity index (χ4n) is 1.72. The van der Waals surface area contributed by atoms with Gasteiger partial charge in [-0.3, -0.25) is 10.00 Å². The molecule has 0 saturated heterocycles. The van der Waals surface area contributed by atoms with Gasteiger partial charge in [0, 0.05) is 18.8 Å². The summed E-state index contributed by atoms with van der Waals surface area (Å²) in [6.45, 7) is 3.99. The number of hydrogen-bond donors (Lipinski definition) is 2. The normalized spacial score (nSPS) is 10.2. The third-order valence-corrected chi connectivity index (χ3v) is 2.69. The predicted octanol–water partition coefficient (Wildman–Crippen LogP) is 2.68. The van der Waals surface area contributed by atoms with E-state index in [2.05, 4.69) is 15.7 Å². The summed E-state index contributed by atoms with van der Waals surface area (Å²) in [6.07, 6.45) is 1.63. The number of aryl methyl sites for hydroxylation is 3. The van der Waals surface area contributed by atoms with E-state index in [0.717, 1.165) is 11.3 Å². The summed E-state index contributed by atoms with van der Waals surface area (Å²) in [7, 11) is 1.77. The van der Waals surface area contributed by atoms with Gasteiger partial charge < -0.3 is 5.32 Å². The number of carbonyl (C=O) groups excluding carboxylic acids is 1. The van der Waals surface area contributed by atoms with Gasteiger partial charge in [-0.2, -0.15) is 5.10 Å². The highest BCUT2D eigenvalue weighted by atomic mass is 16.2. The Kier molecular flexibility index (Phi) is 3.32. The van der Waals surface area contributed by atoms with E-state index in [1.54, 1.807) is 24.0 Å². The molecule has 1 heterocycles. The van der Waals surface area contributed by atoms with Crippen molar-refractivity contribution in [1.29, 1.82) is 0 Å². The molecule has 0 aliphatic rings. The third-order valence-electron chi connectivity index (χ3n) is 2.69. The molecule has 1 aromatic heterocycles. The number of hydrogen-bond acceptors (Lipinski definition) is 2. The molecule has 5 heteroatoms. The van der Waals surface area contributed by atoms with Gasteiger partial charge in [0.2, 0.25) is 0 Å². The second-order valence-electron chi connectivity index (χ2n) is 4.24. The summed E-state index contributed by atoms with van der Waals surface area (Å²) in [5.41, 5.74) is 3.01. The zero-order valence-corrected chi connectivity index (χ0v) is 10.7. The fraction of sp³-hybridized carbons (Fsp3) is 0.231. The molecule has 0 unspecified atom stereocenters. The number of rotatable bonds is 2. The summed E-state index contributed by atoms with van der Waals surface area (Å²) in [4.78, 5) is 11.8. The van der Waals surface area contributed by atoms with Crippen LogP contribution in [0.2, 0.25) is 0 Å².